The lowest BCUT2D eigenvalue weighted by Gasteiger charge is -2.19. The van der Waals surface area contributed by atoms with Crippen LogP contribution in [0.3, 0.4) is 0 Å². The van der Waals surface area contributed by atoms with Crippen LogP contribution in [0.15, 0.2) is 12.3 Å². The zero-order chi connectivity index (χ0) is 6.20. The second-order valence-electron chi connectivity index (χ2n) is 2.32. The lowest BCUT2D eigenvalue weighted by molar-refractivity contribution is 0.273. The normalized spacial score (nSPS) is 36.6. The number of hydrazine groups is 1. The van der Waals surface area contributed by atoms with E-state index in [1.54, 1.807) is 0 Å². The molecule has 0 aromatic rings. The highest BCUT2D eigenvalue weighted by Gasteiger charge is 2.19. The smallest absolute Gasteiger partial charge is 0.102 e. The van der Waals surface area contributed by atoms with Crippen molar-refractivity contribution in [3.05, 3.63) is 12.3 Å². The van der Waals surface area contributed by atoms with Gasteiger partial charge in [-0.1, -0.05) is 0 Å². The molecule has 0 aromatic heterocycles. The zero-order valence-corrected chi connectivity index (χ0v) is 5.18. The average Bonchev–Trinajstić information content (AvgIpc) is 1.82. The second kappa shape index (κ2) is 1.47. The fourth-order valence-corrected chi connectivity index (χ4v) is 0.721. The Bertz CT molecular complexity index is 117. The van der Waals surface area contributed by atoms with Crippen molar-refractivity contribution in [3.63, 3.8) is 0 Å². The van der Waals surface area contributed by atoms with Gasteiger partial charge in [0.05, 0.1) is 0 Å². The molecule has 1 heterocycles. The minimum Gasteiger partial charge on any atom is -0.317 e. The van der Waals surface area contributed by atoms with Gasteiger partial charge in [-0.2, -0.15) is 0 Å². The molecule has 0 bridgehead atoms. The molecule has 0 saturated heterocycles. The van der Waals surface area contributed by atoms with E-state index >= 15 is 0 Å². The number of nitrogens with two attached hydrogens (primary N) is 1. The van der Waals surface area contributed by atoms with Crippen LogP contribution in [0, 0.1) is 0 Å². The van der Waals surface area contributed by atoms with Gasteiger partial charge in [-0.05, 0) is 13.0 Å². The van der Waals surface area contributed by atoms with Crippen molar-refractivity contribution >= 4 is 0 Å². The van der Waals surface area contributed by atoms with E-state index in [1.165, 1.54) is 0 Å². The summed E-state index contributed by atoms with van der Waals surface area (Å²) in [6.45, 7) is 1.91. The summed E-state index contributed by atoms with van der Waals surface area (Å²) in [6.07, 6.45) is 3.81. The summed E-state index contributed by atoms with van der Waals surface area (Å²) in [5.74, 6) is 0. The highest BCUT2D eigenvalue weighted by molar-refractivity contribution is 5.03. The molecule has 8 heavy (non-hydrogen) atoms. The van der Waals surface area contributed by atoms with E-state index in [-0.39, 0.29) is 5.66 Å². The van der Waals surface area contributed by atoms with Gasteiger partial charge in [0.15, 0.2) is 0 Å². The van der Waals surface area contributed by atoms with Crippen molar-refractivity contribution in [2.24, 2.45) is 5.73 Å². The van der Waals surface area contributed by atoms with Gasteiger partial charge in [-0.3, -0.25) is 0 Å². The Morgan fingerprint density at radius 2 is 2.38 bits per heavy atom. The lowest BCUT2D eigenvalue weighted by Crippen LogP contribution is -2.49. The Balaban J connectivity index is 2.58. The molecular formula is C5H11N3. The van der Waals surface area contributed by atoms with E-state index in [9.17, 15) is 0 Å². The standard InChI is InChI=1S/C5H11N3/c1-5(6)3-4-8(2)7-5/h3-4,7H,6H2,1-2H3. The van der Waals surface area contributed by atoms with Crippen LogP contribution in [-0.4, -0.2) is 17.7 Å². The SMILES string of the molecule is CN1C=CC(C)(N)N1. The Morgan fingerprint density at radius 1 is 1.75 bits per heavy atom. The van der Waals surface area contributed by atoms with E-state index in [2.05, 4.69) is 5.43 Å². The third-order valence-electron chi connectivity index (χ3n) is 1.06. The van der Waals surface area contributed by atoms with Crippen LogP contribution in [0.25, 0.3) is 0 Å². The van der Waals surface area contributed by atoms with Crippen LogP contribution in [0.4, 0.5) is 0 Å². The molecule has 0 radical (unpaired) electrons. The maximum atomic E-state index is 5.63. The van der Waals surface area contributed by atoms with Crippen molar-refractivity contribution < 1.29 is 0 Å². The first kappa shape index (κ1) is 5.59. The molecule has 0 aromatic carbocycles. The first-order valence-electron chi connectivity index (χ1n) is 2.59. The topological polar surface area (TPSA) is 41.3 Å². The molecule has 3 heteroatoms. The highest BCUT2D eigenvalue weighted by atomic mass is 15.5. The molecule has 0 amide bonds. The second-order valence-corrected chi connectivity index (χ2v) is 2.32. The van der Waals surface area contributed by atoms with Gasteiger partial charge < -0.3 is 10.7 Å². The molecule has 3 nitrogen and oxygen atoms in total. The predicted octanol–water partition coefficient (Wildman–Crippen LogP) is -0.375. The first-order chi connectivity index (χ1) is 3.60. The van der Waals surface area contributed by atoms with Crippen LogP contribution < -0.4 is 11.2 Å². The molecule has 1 rings (SSSR count). The summed E-state index contributed by atoms with van der Waals surface area (Å²) in [5, 5.41) is 1.83. The van der Waals surface area contributed by atoms with E-state index in [4.69, 9.17) is 5.73 Å². The first-order valence-corrected chi connectivity index (χ1v) is 2.59. The van der Waals surface area contributed by atoms with E-state index in [0.29, 0.717) is 0 Å². The average molecular weight is 113 g/mol. The summed E-state index contributed by atoms with van der Waals surface area (Å²) in [5.41, 5.74) is 8.28. The van der Waals surface area contributed by atoms with Crippen molar-refractivity contribution in [2.45, 2.75) is 12.6 Å². The van der Waals surface area contributed by atoms with E-state index in [1.807, 2.05) is 31.3 Å². The number of nitrogens with zero attached hydrogens (tertiary/aromatic N) is 1. The quantitative estimate of drug-likeness (QED) is 0.450. The fourth-order valence-electron chi connectivity index (χ4n) is 0.721. The molecule has 0 aliphatic carbocycles. The minimum atomic E-state index is -0.339. The molecule has 1 unspecified atom stereocenters. The maximum absolute atomic E-state index is 5.63. The van der Waals surface area contributed by atoms with Gasteiger partial charge >= 0.3 is 0 Å². The van der Waals surface area contributed by atoms with Gasteiger partial charge in [0.2, 0.25) is 0 Å². The summed E-state index contributed by atoms with van der Waals surface area (Å²) >= 11 is 0. The maximum Gasteiger partial charge on any atom is 0.102 e. The molecule has 0 fully saturated rings. The van der Waals surface area contributed by atoms with Crippen molar-refractivity contribution in [1.82, 2.24) is 10.4 Å². The molecule has 3 N–H and O–H groups in total. The molecular weight excluding hydrogens is 102 g/mol. The Kier molecular flexibility index (Phi) is 1.03. The fraction of sp³-hybridized carbons (Fsp3) is 0.600. The van der Waals surface area contributed by atoms with E-state index < -0.39 is 0 Å². The van der Waals surface area contributed by atoms with Crippen LogP contribution in [0.5, 0.6) is 0 Å². The van der Waals surface area contributed by atoms with Crippen molar-refractivity contribution in [1.29, 1.82) is 0 Å². The lowest BCUT2D eigenvalue weighted by atomic mass is 10.2. The molecule has 0 spiro atoms. The molecule has 1 atom stereocenters. The zero-order valence-electron chi connectivity index (χ0n) is 5.18. The third-order valence-corrected chi connectivity index (χ3v) is 1.06. The van der Waals surface area contributed by atoms with Crippen molar-refractivity contribution in [2.75, 3.05) is 7.05 Å². The van der Waals surface area contributed by atoms with Crippen LogP contribution in [0.2, 0.25) is 0 Å². The highest BCUT2D eigenvalue weighted by Crippen LogP contribution is 2.03. The summed E-state index contributed by atoms with van der Waals surface area (Å²) in [4.78, 5) is 0. The van der Waals surface area contributed by atoms with Gasteiger partial charge in [-0.15, -0.1) is 0 Å². The van der Waals surface area contributed by atoms with E-state index in [0.717, 1.165) is 0 Å². The van der Waals surface area contributed by atoms with Gasteiger partial charge in [0.25, 0.3) is 0 Å². The Hall–Kier alpha value is -0.540. The molecule has 1 aliphatic heterocycles. The molecule has 0 saturated carbocycles. The van der Waals surface area contributed by atoms with Gasteiger partial charge in [-0.25, -0.2) is 5.43 Å². The molecule has 1 aliphatic rings. The molecule has 46 valence electrons. The van der Waals surface area contributed by atoms with Crippen LogP contribution >= 0.6 is 0 Å². The number of hydrogen-bond acceptors (Lipinski definition) is 3. The number of hydrogen-bond donors (Lipinski definition) is 2. The Morgan fingerprint density at radius 3 is 2.50 bits per heavy atom. The summed E-state index contributed by atoms with van der Waals surface area (Å²) < 4.78 is 0. The minimum absolute atomic E-state index is 0.339. The number of rotatable bonds is 0. The van der Waals surface area contributed by atoms with Crippen LogP contribution in [0.1, 0.15) is 6.92 Å². The Labute approximate surface area is 49.1 Å². The predicted molar refractivity (Wildman–Crippen MR) is 32.6 cm³/mol. The number of nitrogens with one attached hydrogen (secondary N) is 1. The largest absolute Gasteiger partial charge is 0.317 e. The van der Waals surface area contributed by atoms with Crippen LogP contribution in [-0.2, 0) is 0 Å². The van der Waals surface area contributed by atoms with Gasteiger partial charge in [0, 0.05) is 13.2 Å². The monoisotopic (exact) mass is 113 g/mol. The van der Waals surface area contributed by atoms with Crippen molar-refractivity contribution in [3.8, 4) is 0 Å². The van der Waals surface area contributed by atoms with Gasteiger partial charge in [0.1, 0.15) is 5.66 Å². The summed E-state index contributed by atoms with van der Waals surface area (Å²) in [6, 6.07) is 0. The summed E-state index contributed by atoms with van der Waals surface area (Å²) in [7, 11) is 1.91. The third kappa shape index (κ3) is 0.993.